The summed E-state index contributed by atoms with van der Waals surface area (Å²) in [4.78, 5) is 26.2. The molecule has 5 rings (SSSR count). The summed E-state index contributed by atoms with van der Waals surface area (Å²) in [5.74, 6) is -0.521. The van der Waals surface area contributed by atoms with Crippen LogP contribution in [0.25, 0.3) is 5.69 Å². The van der Waals surface area contributed by atoms with E-state index < -0.39 is 0 Å². The smallest absolute Gasteiger partial charge is 0.227 e. The van der Waals surface area contributed by atoms with Crippen LogP contribution in [0.15, 0.2) is 54.9 Å². The van der Waals surface area contributed by atoms with Crippen LogP contribution in [0.3, 0.4) is 0 Å². The second kappa shape index (κ2) is 6.84. The molecule has 3 heterocycles. The van der Waals surface area contributed by atoms with Crippen molar-refractivity contribution in [3.05, 3.63) is 71.8 Å². The minimum atomic E-state index is -0.358. The van der Waals surface area contributed by atoms with Crippen LogP contribution in [0.4, 0.5) is 15.8 Å². The normalized spacial score (nSPS) is 18.7. The first-order valence-electron chi connectivity index (χ1n) is 9.64. The molecule has 0 spiro atoms. The number of rotatable bonds is 3. The molecule has 29 heavy (non-hydrogen) atoms. The Morgan fingerprint density at radius 1 is 1.14 bits per heavy atom. The topological polar surface area (TPSA) is 67.2 Å². The zero-order valence-electron chi connectivity index (χ0n) is 15.6. The van der Waals surface area contributed by atoms with Crippen LogP contribution >= 0.6 is 0 Å². The van der Waals surface area contributed by atoms with Gasteiger partial charge in [0.15, 0.2) is 0 Å². The summed E-state index contributed by atoms with van der Waals surface area (Å²) >= 11 is 0. The molecule has 2 aliphatic rings. The Hall–Kier alpha value is -3.48. The molecular formula is C22H19FN4O2. The van der Waals surface area contributed by atoms with Crippen molar-refractivity contribution in [1.82, 2.24) is 9.78 Å². The fourth-order valence-corrected chi connectivity index (χ4v) is 4.13. The Bertz CT molecular complexity index is 1120. The van der Waals surface area contributed by atoms with Gasteiger partial charge in [-0.1, -0.05) is 18.2 Å². The summed E-state index contributed by atoms with van der Waals surface area (Å²) in [5.41, 5.74) is 3.68. The molecule has 1 aromatic heterocycles. The first-order valence-corrected chi connectivity index (χ1v) is 9.64. The third-order valence-corrected chi connectivity index (χ3v) is 5.57. The maximum absolute atomic E-state index is 14.1. The highest BCUT2D eigenvalue weighted by atomic mass is 19.1. The summed E-state index contributed by atoms with van der Waals surface area (Å²) in [6.45, 7) is 0.699. The molecule has 1 atom stereocenters. The van der Waals surface area contributed by atoms with E-state index in [-0.39, 0.29) is 30.0 Å². The molecular weight excluding hydrogens is 371 g/mol. The van der Waals surface area contributed by atoms with Crippen LogP contribution < -0.4 is 10.2 Å². The summed E-state index contributed by atoms with van der Waals surface area (Å²) in [6, 6.07) is 12.2. The standard InChI is InChI=1S/C22H19FN4O2/c23-18-4-1-2-5-20(18)27-13-14(12-24-27)17-11-21(28)25-19-10-15(7-8-16(17)19)26-9-3-6-22(26)29/h1-2,4-5,7-8,10,12-13,17H,3,6,9,11H2,(H,25,28). The molecule has 2 amide bonds. The highest BCUT2D eigenvalue weighted by Gasteiger charge is 2.29. The number of aromatic nitrogens is 2. The van der Waals surface area contributed by atoms with Crippen LogP contribution in [-0.2, 0) is 9.59 Å². The van der Waals surface area contributed by atoms with Crippen molar-refractivity contribution in [3.8, 4) is 5.69 Å². The van der Waals surface area contributed by atoms with E-state index in [0.717, 1.165) is 23.2 Å². The number of fused-ring (bicyclic) bond motifs is 1. The Morgan fingerprint density at radius 2 is 2.00 bits per heavy atom. The summed E-state index contributed by atoms with van der Waals surface area (Å²) in [6.07, 6.45) is 5.14. The number of carbonyl (C=O) groups excluding carboxylic acids is 2. The molecule has 2 aromatic carbocycles. The first kappa shape index (κ1) is 17.6. The van der Waals surface area contributed by atoms with Gasteiger partial charge < -0.3 is 10.2 Å². The Kier molecular flexibility index (Phi) is 4.16. The molecule has 0 saturated carbocycles. The van der Waals surface area contributed by atoms with Crippen LogP contribution in [-0.4, -0.2) is 28.1 Å². The number of amides is 2. The van der Waals surface area contributed by atoms with Gasteiger partial charge >= 0.3 is 0 Å². The van der Waals surface area contributed by atoms with Gasteiger partial charge in [-0.3, -0.25) is 9.59 Å². The Balaban J connectivity index is 1.51. The van der Waals surface area contributed by atoms with E-state index in [1.165, 1.54) is 10.7 Å². The highest BCUT2D eigenvalue weighted by molar-refractivity contribution is 5.99. The number of benzene rings is 2. The average molecular weight is 390 g/mol. The molecule has 0 aliphatic carbocycles. The zero-order chi connectivity index (χ0) is 20.0. The zero-order valence-corrected chi connectivity index (χ0v) is 15.6. The number of nitrogens with zero attached hydrogens (tertiary/aromatic N) is 3. The molecule has 2 aliphatic heterocycles. The fraction of sp³-hybridized carbons (Fsp3) is 0.227. The lowest BCUT2D eigenvalue weighted by atomic mass is 9.86. The summed E-state index contributed by atoms with van der Waals surface area (Å²) in [7, 11) is 0. The Labute approximate surface area is 166 Å². The van der Waals surface area contributed by atoms with Crippen molar-refractivity contribution in [3.63, 3.8) is 0 Å². The van der Waals surface area contributed by atoms with E-state index >= 15 is 0 Å². The van der Waals surface area contributed by atoms with Crippen molar-refractivity contribution < 1.29 is 14.0 Å². The van der Waals surface area contributed by atoms with E-state index in [0.29, 0.717) is 24.3 Å². The van der Waals surface area contributed by atoms with Crippen molar-refractivity contribution >= 4 is 23.2 Å². The van der Waals surface area contributed by atoms with Crippen LogP contribution in [0.1, 0.15) is 36.3 Å². The summed E-state index contributed by atoms with van der Waals surface area (Å²) in [5, 5.41) is 7.22. The number of hydrogen-bond donors (Lipinski definition) is 1. The fourth-order valence-electron chi connectivity index (χ4n) is 4.13. The maximum Gasteiger partial charge on any atom is 0.227 e. The van der Waals surface area contributed by atoms with Crippen LogP contribution in [0, 0.1) is 5.82 Å². The van der Waals surface area contributed by atoms with E-state index in [1.54, 1.807) is 35.5 Å². The van der Waals surface area contributed by atoms with Crippen molar-refractivity contribution in [2.24, 2.45) is 0 Å². The van der Waals surface area contributed by atoms with Gasteiger partial charge in [0.25, 0.3) is 0 Å². The van der Waals surface area contributed by atoms with E-state index in [1.807, 2.05) is 18.2 Å². The third kappa shape index (κ3) is 3.08. The van der Waals surface area contributed by atoms with Gasteiger partial charge in [-0.05, 0) is 41.8 Å². The monoisotopic (exact) mass is 390 g/mol. The van der Waals surface area contributed by atoms with Crippen molar-refractivity contribution in [1.29, 1.82) is 0 Å². The van der Waals surface area contributed by atoms with E-state index in [9.17, 15) is 14.0 Å². The molecule has 6 nitrogen and oxygen atoms in total. The second-order valence-electron chi connectivity index (χ2n) is 7.40. The number of carbonyl (C=O) groups is 2. The first-order chi connectivity index (χ1) is 14.1. The van der Waals surface area contributed by atoms with Gasteiger partial charge in [0.05, 0.1) is 6.20 Å². The minimum absolute atomic E-state index is 0.0916. The predicted octanol–water partition coefficient (Wildman–Crippen LogP) is 3.61. The lowest BCUT2D eigenvalue weighted by Gasteiger charge is -2.27. The van der Waals surface area contributed by atoms with Gasteiger partial charge in [-0.25, -0.2) is 9.07 Å². The molecule has 1 saturated heterocycles. The third-order valence-electron chi connectivity index (χ3n) is 5.57. The predicted molar refractivity (Wildman–Crippen MR) is 107 cm³/mol. The number of anilines is 2. The molecule has 1 N–H and O–H groups in total. The molecule has 3 aromatic rings. The lowest BCUT2D eigenvalue weighted by Crippen LogP contribution is -2.26. The van der Waals surface area contributed by atoms with Crippen LogP contribution in [0.2, 0.25) is 0 Å². The van der Waals surface area contributed by atoms with Gasteiger partial charge in [-0.15, -0.1) is 0 Å². The largest absolute Gasteiger partial charge is 0.326 e. The Morgan fingerprint density at radius 3 is 2.79 bits per heavy atom. The van der Waals surface area contributed by atoms with Gasteiger partial charge in [0.1, 0.15) is 11.5 Å². The van der Waals surface area contributed by atoms with Crippen molar-refractivity contribution in [2.45, 2.75) is 25.2 Å². The number of nitrogens with one attached hydrogen (secondary N) is 1. The van der Waals surface area contributed by atoms with Crippen molar-refractivity contribution in [2.75, 3.05) is 16.8 Å². The van der Waals surface area contributed by atoms with E-state index in [4.69, 9.17) is 0 Å². The quantitative estimate of drug-likeness (QED) is 0.743. The SMILES string of the molecule is O=C1CC(c2cnn(-c3ccccc3F)c2)c2ccc(N3CCCC3=O)cc2N1. The van der Waals surface area contributed by atoms with Gasteiger partial charge in [0.2, 0.25) is 11.8 Å². The lowest BCUT2D eigenvalue weighted by molar-refractivity contribution is -0.117. The van der Waals surface area contributed by atoms with Gasteiger partial charge in [0, 0.05) is 42.9 Å². The number of para-hydroxylation sites is 1. The molecule has 1 unspecified atom stereocenters. The molecule has 0 bridgehead atoms. The molecule has 1 fully saturated rings. The summed E-state index contributed by atoms with van der Waals surface area (Å²) < 4.78 is 15.6. The number of halogens is 1. The maximum atomic E-state index is 14.1. The van der Waals surface area contributed by atoms with Crippen LogP contribution in [0.5, 0.6) is 0 Å². The van der Waals surface area contributed by atoms with Gasteiger partial charge in [-0.2, -0.15) is 5.10 Å². The average Bonchev–Trinajstić information content (AvgIpc) is 3.36. The van der Waals surface area contributed by atoms with E-state index in [2.05, 4.69) is 10.4 Å². The second-order valence-corrected chi connectivity index (χ2v) is 7.40. The highest BCUT2D eigenvalue weighted by Crippen LogP contribution is 2.39. The number of hydrogen-bond acceptors (Lipinski definition) is 3. The molecule has 0 radical (unpaired) electrons. The molecule has 146 valence electrons. The minimum Gasteiger partial charge on any atom is -0.326 e. The molecule has 7 heteroatoms.